The van der Waals surface area contributed by atoms with Gasteiger partial charge in [-0.2, -0.15) is 0 Å². The molecule has 0 aromatic carbocycles. The van der Waals surface area contributed by atoms with Gasteiger partial charge in [-0.15, -0.1) is 0 Å². The molecular weight excluding hydrogens is 494 g/mol. The predicted octanol–water partition coefficient (Wildman–Crippen LogP) is -4.78. The van der Waals surface area contributed by atoms with E-state index in [1.54, 1.807) is 0 Å². The van der Waals surface area contributed by atoms with Gasteiger partial charge >= 0.3 is 5.97 Å². The number of carbonyl (C=O) groups excluding carboxylic acids is 6. The summed E-state index contributed by atoms with van der Waals surface area (Å²) in [6.45, 7) is 0. The van der Waals surface area contributed by atoms with Crippen molar-refractivity contribution in [3.63, 3.8) is 0 Å². The van der Waals surface area contributed by atoms with E-state index in [9.17, 15) is 38.7 Å². The van der Waals surface area contributed by atoms with Gasteiger partial charge in [0.05, 0.1) is 18.8 Å². The van der Waals surface area contributed by atoms with Crippen molar-refractivity contribution in [1.29, 1.82) is 0 Å². The van der Waals surface area contributed by atoms with Gasteiger partial charge in [-0.1, -0.05) is 0 Å². The second-order valence-electron chi connectivity index (χ2n) is 8.09. The van der Waals surface area contributed by atoms with Crippen LogP contribution >= 0.6 is 0 Å². The Labute approximate surface area is 210 Å². The number of H-pyrrole nitrogens is 1. The SMILES string of the molecule is NC(=O)CCC(NC(=O)C(CC(N)=O)NC(=O)C(CCC(N)=O)NC(=O)C(N)Cc1cnc[nH]1)C(=O)O. The molecule has 0 aliphatic rings. The number of hydrogen-bond acceptors (Lipinski definition) is 9. The molecule has 4 unspecified atom stereocenters. The first-order chi connectivity index (χ1) is 17.3. The van der Waals surface area contributed by atoms with Crippen LogP contribution in [0.25, 0.3) is 0 Å². The second-order valence-corrected chi connectivity index (χ2v) is 8.09. The standard InChI is InChI=1S/C20H31N9O8/c21-10(5-9-7-25-8-26-9)17(33)27-11(1-3-14(22)30)18(34)29-13(6-16(24)32)19(35)28-12(20(36)37)2-4-15(23)31/h7-8,10-13H,1-6,21H2,(H2,22,30)(H2,23,31)(H2,24,32)(H,25,26)(H,27,33)(H,28,35)(H,29,34)(H,36,37). The van der Waals surface area contributed by atoms with E-state index in [2.05, 4.69) is 25.9 Å². The number of amides is 6. The molecular formula is C20H31N9O8. The minimum atomic E-state index is -1.65. The Morgan fingerprint density at radius 3 is 1.81 bits per heavy atom. The zero-order chi connectivity index (χ0) is 28.1. The number of nitrogens with two attached hydrogens (primary N) is 4. The average molecular weight is 526 g/mol. The lowest BCUT2D eigenvalue weighted by Gasteiger charge is -2.24. The molecule has 0 aliphatic heterocycles. The van der Waals surface area contributed by atoms with Crippen LogP contribution in [-0.4, -0.2) is 80.7 Å². The van der Waals surface area contributed by atoms with Crippen molar-refractivity contribution in [2.24, 2.45) is 22.9 Å². The minimum Gasteiger partial charge on any atom is -0.480 e. The lowest BCUT2D eigenvalue weighted by molar-refractivity contribution is -0.142. The molecule has 17 nitrogen and oxygen atoms in total. The van der Waals surface area contributed by atoms with Crippen molar-refractivity contribution < 1.29 is 38.7 Å². The van der Waals surface area contributed by atoms with E-state index in [0.717, 1.165) is 0 Å². The molecule has 0 radical (unpaired) electrons. The van der Waals surface area contributed by atoms with Crippen molar-refractivity contribution in [1.82, 2.24) is 25.9 Å². The molecule has 1 rings (SSSR count). The Hall–Kier alpha value is -4.54. The zero-order valence-corrected chi connectivity index (χ0v) is 19.8. The van der Waals surface area contributed by atoms with Gasteiger partial charge in [0, 0.05) is 31.2 Å². The summed E-state index contributed by atoms with van der Waals surface area (Å²) in [5.41, 5.74) is 21.7. The van der Waals surface area contributed by atoms with Gasteiger partial charge in [-0.3, -0.25) is 28.8 Å². The highest BCUT2D eigenvalue weighted by Gasteiger charge is 2.31. The first kappa shape index (κ1) is 30.5. The molecule has 6 amide bonds. The van der Waals surface area contributed by atoms with E-state index >= 15 is 0 Å². The number of carboxylic acids is 1. The summed E-state index contributed by atoms with van der Waals surface area (Å²) in [5.74, 6) is -6.94. The first-order valence-electron chi connectivity index (χ1n) is 11.0. The van der Waals surface area contributed by atoms with Crippen LogP contribution in [-0.2, 0) is 40.0 Å². The quantitative estimate of drug-likeness (QED) is 0.0934. The molecule has 17 heteroatoms. The van der Waals surface area contributed by atoms with Crippen LogP contribution in [0.2, 0.25) is 0 Å². The van der Waals surface area contributed by atoms with Crippen LogP contribution in [0.5, 0.6) is 0 Å². The molecule has 0 saturated carbocycles. The van der Waals surface area contributed by atoms with Gasteiger partial charge in [-0.25, -0.2) is 9.78 Å². The van der Waals surface area contributed by atoms with Gasteiger partial charge in [0.1, 0.15) is 18.1 Å². The Bertz CT molecular complexity index is 998. The third-order valence-electron chi connectivity index (χ3n) is 4.98. The summed E-state index contributed by atoms with van der Waals surface area (Å²) in [6.07, 6.45) is 0.852. The number of nitrogens with zero attached hydrogens (tertiary/aromatic N) is 1. The molecule has 1 aromatic rings. The van der Waals surface area contributed by atoms with Gasteiger partial charge in [0.25, 0.3) is 0 Å². The molecule has 1 heterocycles. The fourth-order valence-electron chi connectivity index (χ4n) is 3.06. The number of carboxylic acid groups (broad SMARTS) is 1. The number of hydrogen-bond donors (Lipinski definition) is 9. The van der Waals surface area contributed by atoms with E-state index in [1.165, 1.54) is 12.5 Å². The predicted molar refractivity (Wildman–Crippen MR) is 124 cm³/mol. The van der Waals surface area contributed by atoms with Crippen LogP contribution in [0.15, 0.2) is 12.5 Å². The number of carbonyl (C=O) groups is 7. The fraction of sp³-hybridized carbons (Fsp3) is 0.500. The Morgan fingerprint density at radius 1 is 0.811 bits per heavy atom. The molecule has 204 valence electrons. The summed E-state index contributed by atoms with van der Waals surface area (Å²) in [5, 5.41) is 15.9. The number of aliphatic carboxylic acids is 1. The molecule has 4 atom stereocenters. The highest BCUT2D eigenvalue weighted by Crippen LogP contribution is 2.05. The largest absolute Gasteiger partial charge is 0.480 e. The number of nitrogens with one attached hydrogen (secondary N) is 4. The molecule has 0 spiro atoms. The van der Waals surface area contributed by atoms with E-state index in [-0.39, 0.29) is 32.1 Å². The lowest BCUT2D eigenvalue weighted by atomic mass is 10.1. The smallest absolute Gasteiger partial charge is 0.326 e. The van der Waals surface area contributed by atoms with Crippen LogP contribution in [0.1, 0.15) is 37.8 Å². The van der Waals surface area contributed by atoms with Crippen LogP contribution < -0.4 is 38.9 Å². The molecule has 0 saturated heterocycles. The molecule has 0 fully saturated rings. The number of imidazole rings is 1. The average Bonchev–Trinajstić information content (AvgIpc) is 3.30. The lowest BCUT2D eigenvalue weighted by Crippen LogP contribution is -2.58. The highest BCUT2D eigenvalue weighted by molar-refractivity contribution is 5.96. The maximum absolute atomic E-state index is 12.9. The van der Waals surface area contributed by atoms with Crippen LogP contribution in [0.4, 0.5) is 0 Å². The molecule has 1 aromatic heterocycles. The first-order valence-corrected chi connectivity index (χ1v) is 11.0. The number of primary amides is 3. The number of aromatic amines is 1. The summed E-state index contributed by atoms with van der Waals surface area (Å²) >= 11 is 0. The van der Waals surface area contributed by atoms with E-state index in [1.807, 2.05) is 0 Å². The normalized spacial score (nSPS) is 13.9. The topological polar surface area (TPSA) is 309 Å². The molecule has 37 heavy (non-hydrogen) atoms. The van der Waals surface area contributed by atoms with Gasteiger partial charge in [0.15, 0.2) is 0 Å². The Balaban J connectivity index is 2.98. The van der Waals surface area contributed by atoms with E-state index in [0.29, 0.717) is 5.69 Å². The summed E-state index contributed by atoms with van der Waals surface area (Å²) in [4.78, 5) is 89.8. The molecule has 0 aliphatic carbocycles. The number of aromatic nitrogens is 2. The zero-order valence-electron chi connectivity index (χ0n) is 19.8. The third-order valence-corrected chi connectivity index (χ3v) is 4.98. The maximum atomic E-state index is 12.9. The van der Waals surface area contributed by atoms with Crippen molar-refractivity contribution in [2.75, 3.05) is 0 Å². The fourth-order valence-corrected chi connectivity index (χ4v) is 3.06. The maximum Gasteiger partial charge on any atom is 0.326 e. The van der Waals surface area contributed by atoms with Gasteiger partial charge in [0.2, 0.25) is 35.4 Å². The van der Waals surface area contributed by atoms with Crippen molar-refractivity contribution in [3.8, 4) is 0 Å². The molecule has 0 bridgehead atoms. The third kappa shape index (κ3) is 11.6. The molecule has 13 N–H and O–H groups in total. The summed E-state index contributed by atoms with van der Waals surface area (Å²) in [7, 11) is 0. The van der Waals surface area contributed by atoms with E-state index in [4.69, 9.17) is 22.9 Å². The minimum absolute atomic E-state index is 0.0462. The van der Waals surface area contributed by atoms with Crippen molar-refractivity contribution in [2.45, 2.75) is 62.7 Å². The summed E-state index contributed by atoms with van der Waals surface area (Å²) in [6, 6.07) is -5.72. The second kappa shape index (κ2) is 14.8. The van der Waals surface area contributed by atoms with Crippen molar-refractivity contribution in [3.05, 3.63) is 18.2 Å². The van der Waals surface area contributed by atoms with Gasteiger partial charge in [-0.05, 0) is 12.8 Å². The van der Waals surface area contributed by atoms with Crippen LogP contribution in [0, 0.1) is 0 Å². The van der Waals surface area contributed by atoms with Crippen molar-refractivity contribution >= 4 is 41.4 Å². The summed E-state index contributed by atoms with van der Waals surface area (Å²) < 4.78 is 0. The monoisotopic (exact) mass is 525 g/mol. The Kier molecular flexibility index (Phi) is 12.2. The highest BCUT2D eigenvalue weighted by atomic mass is 16.4. The van der Waals surface area contributed by atoms with Gasteiger partial charge < -0.3 is 49.0 Å². The van der Waals surface area contributed by atoms with Crippen LogP contribution in [0.3, 0.4) is 0 Å². The Morgan fingerprint density at radius 2 is 1.32 bits per heavy atom. The number of rotatable bonds is 17. The van der Waals surface area contributed by atoms with E-state index < -0.39 is 72.0 Å².